The molecule has 4 rings (SSSR count). The van der Waals surface area contributed by atoms with E-state index in [4.69, 9.17) is 18.9 Å². The third kappa shape index (κ3) is 6.34. The van der Waals surface area contributed by atoms with Crippen LogP contribution in [0.3, 0.4) is 0 Å². The van der Waals surface area contributed by atoms with E-state index < -0.39 is 0 Å². The monoisotopic (exact) mass is 489 g/mol. The molecule has 1 heterocycles. The van der Waals surface area contributed by atoms with E-state index in [0.717, 1.165) is 25.7 Å². The van der Waals surface area contributed by atoms with Gasteiger partial charge in [-0.25, -0.2) is 0 Å². The third-order valence-electron chi connectivity index (χ3n) is 7.39. The van der Waals surface area contributed by atoms with Crippen LogP contribution in [0, 0.1) is 29.6 Å². The number of nitrogens with one attached hydrogen (secondary N) is 1. The van der Waals surface area contributed by atoms with Crippen LogP contribution in [0.2, 0.25) is 0 Å². The Morgan fingerprint density at radius 3 is 2.49 bits per heavy atom. The quantitative estimate of drug-likeness (QED) is 0.292. The van der Waals surface area contributed by atoms with Gasteiger partial charge < -0.3 is 24.3 Å². The Morgan fingerprint density at radius 1 is 1.09 bits per heavy atom. The fourth-order valence-electron chi connectivity index (χ4n) is 4.81. The smallest absolute Gasteiger partial charge is 0.309 e. The minimum absolute atomic E-state index is 0.00459. The van der Waals surface area contributed by atoms with Gasteiger partial charge in [-0.05, 0) is 44.7 Å². The first-order chi connectivity index (χ1) is 16.8. The highest BCUT2D eigenvalue weighted by Crippen LogP contribution is 2.55. The lowest BCUT2D eigenvalue weighted by molar-refractivity contribution is -0.165. The molecule has 1 aromatic rings. The maximum atomic E-state index is 11.8. The van der Waals surface area contributed by atoms with Crippen molar-refractivity contribution < 1.29 is 33.3 Å². The molecule has 7 atom stereocenters. The van der Waals surface area contributed by atoms with Crippen LogP contribution < -0.4 is 10.1 Å². The summed E-state index contributed by atoms with van der Waals surface area (Å²) in [6.45, 7) is 10.4. The zero-order valence-corrected chi connectivity index (χ0v) is 21.5. The highest BCUT2D eigenvalue weighted by Gasteiger charge is 2.63. The van der Waals surface area contributed by atoms with Crippen molar-refractivity contribution >= 4 is 23.5 Å². The summed E-state index contributed by atoms with van der Waals surface area (Å²) in [7, 11) is 0. The summed E-state index contributed by atoms with van der Waals surface area (Å²) in [6.07, 6.45) is 3.10. The van der Waals surface area contributed by atoms with Crippen molar-refractivity contribution in [2.24, 2.45) is 29.6 Å². The lowest BCUT2D eigenvalue weighted by atomic mass is 9.88. The highest BCUT2D eigenvalue weighted by atomic mass is 16.7. The molecule has 1 aromatic carbocycles. The molecule has 2 bridgehead atoms. The van der Waals surface area contributed by atoms with E-state index in [-0.39, 0.29) is 54.6 Å². The maximum absolute atomic E-state index is 11.8. The van der Waals surface area contributed by atoms with Crippen LogP contribution in [-0.2, 0) is 28.6 Å². The molecule has 1 amide bonds. The van der Waals surface area contributed by atoms with Crippen molar-refractivity contribution in [3.8, 4) is 5.75 Å². The van der Waals surface area contributed by atoms with Crippen molar-refractivity contribution in [2.45, 2.75) is 72.5 Å². The first kappa shape index (κ1) is 27.0. The lowest BCUT2D eigenvalue weighted by Crippen LogP contribution is -2.37. The normalized spacial score (nSPS) is 27.3. The number of amides is 1. The van der Waals surface area contributed by atoms with Crippen LogP contribution in [-0.4, -0.2) is 43.5 Å². The number of carbonyl (C=O) groups excluding carboxylic acids is 3. The van der Waals surface area contributed by atoms with Crippen molar-refractivity contribution in [1.29, 1.82) is 0 Å². The van der Waals surface area contributed by atoms with Crippen LogP contribution in [0.25, 0.3) is 0 Å². The minimum Gasteiger partial charge on any atom is -0.465 e. The molecule has 194 valence electrons. The molecule has 1 saturated heterocycles. The van der Waals surface area contributed by atoms with Gasteiger partial charge in [-0.3, -0.25) is 14.4 Å². The summed E-state index contributed by atoms with van der Waals surface area (Å²) in [5.41, 5.74) is 0.683. The number of esters is 2. The van der Waals surface area contributed by atoms with Gasteiger partial charge in [0.1, 0.15) is 18.0 Å². The fourth-order valence-corrected chi connectivity index (χ4v) is 4.81. The van der Waals surface area contributed by atoms with Crippen LogP contribution >= 0.6 is 0 Å². The second-order valence-corrected chi connectivity index (χ2v) is 9.66. The Hall–Kier alpha value is -2.61. The van der Waals surface area contributed by atoms with E-state index in [1.165, 1.54) is 0 Å². The lowest BCUT2D eigenvalue weighted by Gasteiger charge is -2.26. The van der Waals surface area contributed by atoms with Gasteiger partial charge in [-0.1, -0.05) is 39.8 Å². The van der Waals surface area contributed by atoms with E-state index in [0.29, 0.717) is 29.9 Å². The van der Waals surface area contributed by atoms with E-state index >= 15 is 0 Å². The Morgan fingerprint density at radius 2 is 1.80 bits per heavy atom. The summed E-state index contributed by atoms with van der Waals surface area (Å²) in [4.78, 5) is 35.2. The molecule has 0 radical (unpaired) electrons. The molecule has 3 aliphatic rings. The van der Waals surface area contributed by atoms with Crippen LogP contribution in [0.4, 0.5) is 5.69 Å². The van der Waals surface area contributed by atoms with Crippen molar-refractivity contribution in [3.05, 3.63) is 24.3 Å². The molecule has 3 fully saturated rings. The maximum Gasteiger partial charge on any atom is 0.309 e. The number of hydrogen-bond donors (Lipinski definition) is 1. The Kier molecular flexibility index (Phi) is 9.55. The van der Waals surface area contributed by atoms with Gasteiger partial charge in [0, 0.05) is 24.4 Å². The zero-order chi connectivity index (χ0) is 25.5. The van der Waals surface area contributed by atoms with Crippen LogP contribution in [0.1, 0.15) is 60.3 Å². The SMILES string of the molecule is CCC(C)C(=O)OC1C2CC3C(=O)OC1C3C2.CCOCOc1ccccc1NC(=O)C(C)CC. The Labute approximate surface area is 208 Å². The van der Waals surface area contributed by atoms with E-state index in [2.05, 4.69) is 5.32 Å². The molecule has 35 heavy (non-hydrogen) atoms. The molecule has 2 saturated carbocycles. The van der Waals surface area contributed by atoms with Gasteiger partial charge in [0.25, 0.3) is 0 Å². The number of ether oxygens (including phenoxy) is 4. The fraction of sp³-hybridized carbons (Fsp3) is 0.667. The van der Waals surface area contributed by atoms with E-state index in [9.17, 15) is 14.4 Å². The molecular formula is C27H39NO7. The predicted octanol–water partition coefficient (Wildman–Crippen LogP) is 4.57. The summed E-state index contributed by atoms with van der Waals surface area (Å²) in [6, 6.07) is 7.35. The first-order valence-electron chi connectivity index (χ1n) is 12.8. The zero-order valence-electron chi connectivity index (χ0n) is 21.5. The van der Waals surface area contributed by atoms with Gasteiger partial charge in [0.05, 0.1) is 17.5 Å². The number of rotatable bonds is 10. The van der Waals surface area contributed by atoms with Crippen LogP contribution in [0.15, 0.2) is 24.3 Å². The van der Waals surface area contributed by atoms with E-state index in [1.54, 1.807) is 0 Å². The molecule has 0 aromatic heterocycles. The van der Waals surface area contributed by atoms with Gasteiger partial charge in [0.2, 0.25) is 5.91 Å². The van der Waals surface area contributed by atoms with E-state index in [1.807, 2.05) is 58.9 Å². The van der Waals surface area contributed by atoms with Gasteiger partial charge >= 0.3 is 11.9 Å². The molecule has 1 N–H and O–H groups in total. The second-order valence-electron chi connectivity index (χ2n) is 9.66. The predicted molar refractivity (Wildman–Crippen MR) is 131 cm³/mol. The average Bonchev–Trinajstić information content (AvgIpc) is 3.50. The molecule has 7 unspecified atom stereocenters. The summed E-state index contributed by atoms with van der Waals surface area (Å²) in [5, 5.41) is 2.87. The molecule has 0 spiro atoms. The van der Waals surface area contributed by atoms with Gasteiger partial charge in [0.15, 0.2) is 6.79 Å². The first-order valence-corrected chi connectivity index (χ1v) is 12.8. The summed E-state index contributed by atoms with van der Waals surface area (Å²) >= 11 is 0. The van der Waals surface area contributed by atoms with Crippen LogP contribution in [0.5, 0.6) is 5.75 Å². The average molecular weight is 490 g/mol. The number of fused-ring (bicyclic) bond motifs is 1. The molecule has 8 heteroatoms. The van der Waals surface area contributed by atoms with Crippen molar-refractivity contribution in [2.75, 3.05) is 18.7 Å². The van der Waals surface area contributed by atoms with Crippen molar-refractivity contribution in [3.63, 3.8) is 0 Å². The molecule has 2 aliphatic carbocycles. The van der Waals surface area contributed by atoms with Crippen molar-refractivity contribution in [1.82, 2.24) is 0 Å². The number of anilines is 1. The van der Waals surface area contributed by atoms with Gasteiger partial charge in [-0.15, -0.1) is 0 Å². The standard InChI is InChI=1S/C14H21NO3.C13H18O4/c1-4-11(3)14(16)15-12-8-6-7-9-13(12)18-10-17-5-2;1-3-6(2)12(14)16-10-7-4-8-9(5-7)13(15)17-11(8)10/h6-9,11H,4-5,10H2,1-3H3,(H,15,16);6-11H,3-5H2,1-2H3. The number of benzene rings is 1. The van der Waals surface area contributed by atoms with Gasteiger partial charge in [-0.2, -0.15) is 0 Å². The minimum atomic E-state index is -0.177. The summed E-state index contributed by atoms with van der Waals surface area (Å²) < 4.78 is 21.5. The number of carbonyl (C=O) groups is 3. The largest absolute Gasteiger partial charge is 0.465 e. The summed E-state index contributed by atoms with van der Waals surface area (Å²) in [5.74, 6) is 1.06. The Bertz CT molecular complexity index is 888. The molecule has 1 aliphatic heterocycles. The number of hydrogen-bond acceptors (Lipinski definition) is 7. The highest BCUT2D eigenvalue weighted by molar-refractivity contribution is 5.93. The number of para-hydroxylation sites is 2. The second kappa shape index (κ2) is 12.4. The Balaban J connectivity index is 0.000000196. The third-order valence-corrected chi connectivity index (χ3v) is 7.39. The topological polar surface area (TPSA) is 100 Å². The molecule has 8 nitrogen and oxygen atoms in total. The molecular weight excluding hydrogens is 450 g/mol.